The fraction of sp³-hybridized carbons (Fsp3) is 0.438. The maximum atomic E-state index is 12.0. The minimum absolute atomic E-state index is 0.0692. The van der Waals surface area contributed by atoms with Crippen LogP contribution in [0.1, 0.15) is 18.5 Å². The van der Waals surface area contributed by atoms with Gasteiger partial charge in [-0.3, -0.25) is 9.48 Å². The average Bonchev–Trinajstić information content (AvgIpc) is 2.86. The van der Waals surface area contributed by atoms with E-state index in [9.17, 15) is 4.79 Å². The highest BCUT2D eigenvalue weighted by molar-refractivity contribution is 6.30. The molecule has 1 fully saturated rings. The molecular weight excluding hydrogens is 351 g/mol. The number of anilines is 1. The molecule has 3 rings (SSSR count). The molecule has 128 valence electrons. The molecule has 1 saturated heterocycles. The number of aromatic nitrogens is 3. The molecule has 0 atom stereocenters. The third-order valence-corrected chi connectivity index (χ3v) is 4.55. The van der Waals surface area contributed by atoms with Gasteiger partial charge in [0.1, 0.15) is 17.1 Å². The van der Waals surface area contributed by atoms with Gasteiger partial charge in [0.2, 0.25) is 0 Å². The van der Waals surface area contributed by atoms with Crippen molar-refractivity contribution in [1.82, 2.24) is 14.8 Å². The highest BCUT2D eigenvalue weighted by atomic mass is 35.5. The third-order valence-electron chi connectivity index (χ3n) is 3.97. The zero-order chi connectivity index (χ0) is 17.1. The molecule has 0 radical (unpaired) electrons. The molecule has 0 unspecified atom stereocenters. The number of pyridine rings is 1. The summed E-state index contributed by atoms with van der Waals surface area (Å²) in [6.45, 7) is 1.59. The molecule has 0 saturated carbocycles. The average molecular weight is 369 g/mol. The standard InChI is InChI=1S/C16H18Cl2N4O2/c1-21-14(18)8-12(20-21)9-16(23)24-13-4-6-22(7-5-13)15-3-2-11(17)10-19-15/h2-3,8,10,13H,4-7,9H2,1H3. The van der Waals surface area contributed by atoms with E-state index in [0.717, 1.165) is 31.7 Å². The second-order valence-electron chi connectivity index (χ2n) is 5.77. The van der Waals surface area contributed by atoms with Gasteiger partial charge in [0.15, 0.2) is 0 Å². The zero-order valence-electron chi connectivity index (χ0n) is 13.3. The van der Waals surface area contributed by atoms with Crippen LogP contribution in [0.5, 0.6) is 0 Å². The molecule has 3 heterocycles. The van der Waals surface area contributed by atoms with Crippen molar-refractivity contribution in [2.45, 2.75) is 25.4 Å². The smallest absolute Gasteiger partial charge is 0.312 e. The quantitative estimate of drug-likeness (QED) is 0.776. The minimum Gasteiger partial charge on any atom is -0.462 e. The van der Waals surface area contributed by atoms with E-state index in [1.165, 1.54) is 4.68 Å². The van der Waals surface area contributed by atoms with Crippen LogP contribution in [0, 0.1) is 0 Å². The molecule has 0 amide bonds. The van der Waals surface area contributed by atoms with E-state index in [0.29, 0.717) is 15.9 Å². The Balaban J connectivity index is 1.48. The van der Waals surface area contributed by atoms with Crippen molar-refractivity contribution in [3.63, 3.8) is 0 Å². The Morgan fingerprint density at radius 2 is 2.08 bits per heavy atom. The molecule has 8 heteroatoms. The molecule has 0 aromatic carbocycles. The van der Waals surface area contributed by atoms with E-state index in [1.807, 2.05) is 12.1 Å². The molecule has 0 spiro atoms. The summed E-state index contributed by atoms with van der Waals surface area (Å²) in [5, 5.41) is 5.28. The predicted octanol–water partition coefficient (Wildman–Crippen LogP) is 2.88. The van der Waals surface area contributed by atoms with Crippen molar-refractivity contribution in [2.75, 3.05) is 18.0 Å². The Morgan fingerprint density at radius 3 is 2.67 bits per heavy atom. The van der Waals surface area contributed by atoms with Crippen molar-refractivity contribution < 1.29 is 9.53 Å². The van der Waals surface area contributed by atoms with Gasteiger partial charge in [0.05, 0.1) is 17.1 Å². The van der Waals surface area contributed by atoms with E-state index >= 15 is 0 Å². The summed E-state index contributed by atoms with van der Waals surface area (Å²) in [6.07, 6.45) is 3.26. The van der Waals surface area contributed by atoms with E-state index in [4.69, 9.17) is 27.9 Å². The van der Waals surface area contributed by atoms with Gasteiger partial charge in [-0.25, -0.2) is 4.98 Å². The summed E-state index contributed by atoms with van der Waals surface area (Å²) in [5.41, 5.74) is 0.621. The zero-order valence-corrected chi connectivity index (χ0v) is 14.8. The van der Waals surface area contributed by atoms with Crippen molar-refractivity contribution in [1.29, 1.82) is 0 Å². The minimum atomic E-state index is -0.271. The topological polar surface area (TPSA) is 60.3 Å². The lowest BCUT2D eigenvalue weighted by atomic mass is 10.1. The van der Waals surface area contributed by atoms with Gasteiger partial charge in [0.25, 0.3) is 0 Å². The first-order valence-corrected chi connectivity index (χ1v) is 8.51. The Kier molecular flexibility index (Phi) is 5.26. The van der Waals surface area contributed by atoms with Crippen LogP contribution in [0.15, 0.2) is 24.4 Å². The van der Waals surface area contributed by atoms with Gasteiger partial charge in [-0.05, 0) is 18.2 Å². The van der Waals surface area contributed by atoms with Gasteiger partial charge in [-0.1, -0.05) is 23.2 Å². The van der Waals surface area contributed by atoms with Crippen molar-refractivity contribution in [3.8, 4) is 0 Å². The first-order valence-electron chi connectivity index (χ1n) is 7.75. The lowest BCUT2D eigenvalue weighted by Crippen LogP contribution is -2.38. The molecule has 1 aliphatic rings. The largest absolute Gasteiger partial charge is 0.462 e. The van der Waals surface area contributed by atoms with Crippen molar-refractivity contribution in [3.05, 3.63) is 40.3 Å². The lowest BCUT2D eigenvalue weighted by molar-refractivity contribution is -0.149. The predicted molar refractivity (Wildman–Crippen MR) is 92.5 cm³/mol. The van der Waals surface area contributed by atoms with Gasteiger partial charge in [-0.15, -0.1) is 0 Å². The summed E-state index contributed by atoms with van der Waals surface area (Å²) in [6, 6.07) is 5.41. The van der Waals surface area contributed by atoms with Crippen molar-refractivity contribution in [2.24, 2.45) is 7.05 Å². The van der Waals surface area contributed by atoms with Gasteiger partial charge in [-0.2, -0.15) is 5.10 Å². The summed E-state index contributed by atoms with van der Waals surface area (Å²) in [4.78, 5) is 18.5. The second kappa shape index (κ2) is 7.40. The fourth-order valence-electron chi connectivity index (χ4n) is 2.72. The van der Waals surface area contributed by atoms with Crippen LogP contribution in [-0.2, 0) is 23.0 Å². The first-order chi connectivity index (χ1) is 11.5. The van der Waals surface area contributed by atoms with Crippen molar-refractivity contribution >= 4 is 35.0 Å². The van der Waals surface area contributed by atoms with Crippen LogP contribution in [-0.4, -0.2) is 39.9 Å². The van der Waals surface area contributed by atoms with Crippen LogP contribution >= 0.6 is 23.2 Å². The number of piperidine rings is 1. The number of nitrogens with zero attached hydrogens (tertiary/aromatic N) is 4. The van der Waals surface area contributed by atoms with E-state index in [-0.39, 0.29) is 18.5 Å². The Labute approximate surface area is 150 Å². The molecule has 0 N–H and O–H groups in total. The number of ether oxygens (including phenoxy) is 1. The number of rotatable bonds is 4. The number of hydrogen-bond acceptors (Lipinski definition) is 5. The summed E-state index contributed by atoms with van der Waals surface area (Å²) < 4.78 is 7.08. The molecule has 0 bridgehead atoms. The van der Waals surface area contributed by atoms with Gasteiger partial charge in [0, 0.05) is 39.2 Å². The fourth-order valence-corrected chi connectivity index (χ4v) is 3.00. The number of carbonyl (C=O) groups excluding carboxylic acids is 1. The number of halogens is 2. The van der Waals surface area contributed by atoms with Gasteiger partial charge >= 0.3 is 5.97 Å². The van der Waals surface area contributed by atoms with E-state index < -0.39 is 0 Å². The van der Waals surface area contributed by atoms with Crippen LogP contribution < -0.4 is 4.90 Å². The molecular formula is C16H18Cl2N4O2. The molecule has 2 aromatic heterocycles. The van der Waals surface area contributed by atoms with E-state index in [2.05, 4.69) is 15.0 Å². The number of aryl methyl sites for hydroxylation is 1. The highest BCUT2D eigenvalue weighted by Gasteiger charge is 2.23. The third kappa shape index (κ3) is 4.19. The SMILES string of the molecule is Cn1nc(CC(=O)OC2CCN(c3ccc(Cl)cn3)CC2)cc1Cl. The first kappa shape index (κ1) is 17.0. The monoisotopic (exact) mass is 368 g/mol. The summed E-state index contributed by atoms with van der Waals surface area (Å²) in [5.74, 6) is 0.625. The molecule has 1 aliphatic heterocycles. The van der Waals surface area contributed by atoms with Gasteiger partial charge < -0.3 is 9.64 Å². The maximum absolute atomic E-state index is 12.0. The number of esters is 1. The van der Waals surface area contributed by atoms with Crippen LogP contribution in [0.3, 0.4) is 0 Å². The molecule has 24 heavy (non-hydrogen) atoms. The maximum Gasteiger partial charge on any atom is 0.312 e. The Morgan fingerprint density at radius 1 is 1.33 bits per heavy atom. The Bertz CT molecular complexity index is 690. The number of carbonyl (C=O) groups is 1. The summed E-state index contributed by atoms with van der Waals surface area (Å²) in [7, 11) is 1.73. The normalized spacial score (nSPS) is 15.5. The molecule has 2 aromatic rings. The lowest BCUT2D eigenvalue weighted by Gasteiger charge is -2.32. The summed E-state index contributed by atoms with van der Waals surface area (Å²) >= 11 is 11.8. The Hall–Kier alpha value is -1.79. The molecule has 0 aliphatic carbocycles. The van der Waals surface area contributed by atoms with E-state index in [1.54, 1.807) is 19.3 Å². The highest BCUT2D eigenvalue weighted by Crippen LogP contribution is 2.21. The number of hydrogen-bond donors (Lipinski definition) is 0. The van der Waals surface area contributed by atoms with Crippen LogP contribution in [0.2, 0.25) is 10.2 Å². The van der Waals surface area contributed by atoms with Crippen LogP contribution in [0.4, 0.5) is 5.82 Å². The second-order valence-corrected chi connectivity index (χ2v) is 6.59. The van der Waals surface area contributed by atoms with Crippen LogP contribution in [0.25, 0.3) is 0 Å². The molecule has 6 nitrogen and oxygen atoms in total.